The number of rotatable bonds is 5. The van der Waals surface area contributed by atoms with Crippen molar-refractivity contribution < 1.29 is 17.6 Å². The molecule has 0 atom stereocenters. The highest BCUT2D eigenvalue weighted by Gasteiger charge is 2.18. The van der Waals surface area contributed by atoms with Crippen LogP contribution in [0.4, 0.5) is 10.1 Å². The fourth-order valence-electron chi connectivity index (χ4n) is 1.91. The monoisotopic (exact) mass is 336 g/mol. The lowest BCUT2D eigenvalue weighted by molar-refractivity contribution is 0.0943. The molecule has 0 aliphatic heterocycles. The summed E-state index contributed by atoms with van der Waals surface area (Å²) < 4.78 is 40.2. The van der Waals surface area contributed by atoms with Crippen molar-refractivity contribution >= 4 is 21.6 Å². The molecule has 2 rings (SSSR count). The maximum Gasteiger partial charge on any atom is 0.264 e. The molecular weight excluding hydrogens is 319 g/mol. The van der Waals surface area contributed by atoms with Crippen LogP contribution >= 0.6 is 0 Å². The zero-order valence-corrected chi connectivity index (χ0v) is 13.5. The minimum absolute atomic E-state index is 0.00161. The topological polar surface area (TPSA) is 75.3 Å². The van der Waals surface area contributed by atoms with Crippen molar-refractivity contribution in [3.63, 3.8) is 0 Å². The van der Waals surface area contributed by atoms with Crippen LogP contribution in [0, 0.1) is 5.82 Å². The Labute approximate surface area is 134 Å². The zero-order chi connectivity index (χ0) is 17.0. The summed E-state index contributed by atoms with van der Waals surface area (Å²) in [6, 6.07) is 11.0. The predicted molar refractivity (Wildman–Crippen MR) is 86.3 cm³/mol. The normalized spacial score (nSPS) is 11.3. The molecule has 23 heavy (non-hydrogen) atoms. The van der Waals surface area contributed by atoms with Crippen molar-refractivity contribution in [1.29, 1.82) is 0 Å². The van der Waals surface area contributed by atoms with Crippen molar-refractivity contribution in [2.75, 3.05) is 4.72 Å². The van der Waals surface area contributed by atoms with E-state index >= 15 is 0 Å². The first-order valence-electron chi connectivity index (χ1n) is 6.98. The highest BCUT2D eigenvalue weighted by atomic mass is 32.2. The molecular formula is C16H17FN2O3S. The third-order valence-corrected chi connectivity index (χ3v) is 4.36. The van der Waals surface area contributed by atoms with Gasteiger partial charge in [-0.3, -0.25) is 9.52 Å². The number of carbonyl (C=O) groups excluding carboxylic acids is 1. The summed E-state index contributed by atoms with van der Waals surface area (Å²) in [4.78, 5) is 11.4. The van der Waals surface area contributed by atoms with Gasteiger partial charge in [0, 0.05) is 17.3 Å². The smallest absolute Gasteiger partial charge is 0.264 e. The van der Waals surface area contributed by atoms with Crippen molar-refractivity contribution in [2.45, 2.75) is 24.8 Å². The minimum Gasteiger partial charge on any atom is -0.350 e. The Morgan fingerprint density at radius 2 is 1.65 bits per heavy atom. The predicted octanol–water partition coefficient (Wildman–Crippen LogP) is 2.76. The lowest BCUT2D eigenvalue weighted by atomic mass is 10.2. The number of anilines is 1. The van der Waals surface area contributed by atoms with Crippen LogP contribution in [0.5, 0.6) is 0 Å². The Kier molecular flexibility index (Phi) is 5.00. The van der Waals surface area contributed by atoms with Crippen LogP contribution in [0.3, 0.4) is 0 Å². The number of hydrogen-bond donors (Lipinski definition) is 2. The van der Waals surface area contributed by atoms with Crippen LogP contribution in [0.1, 0.15) is 24.2 Å². The van der Waals surface area contributed by atoms with E-state index in [1.54, 1.807) is 0 Å². The Balaban J connectivity index is 2.18. The summed E-state index contributed by atoms with van der Waals surface area (Å²) in [5, 5.41) is 2.73. The van der Waals surface area contributed by atoms with Crippen LogP contribution in [-0.2, 0) is 10.0 Å². The number of benzene rings is 2. The molecule has 0 aromatic heterocycles. The van der Waals surface area contributed by atoms with Crippen LogP contribution in [0.25, 0.3) is 0 Å². The SMILES string of the molecule is CC(C)NC(=O)c1ccc(NS(=O)(=O)c2ccccc2F)cc1. The lowest BCUT2D eigenvalue weighted by Gasteiger charge is -2.10. The summed E-state index contributed by atoms with van der Waals surface area (Å²) in [5.74, 6) is -1.07. The van der Waals surface area contributed by atoms with Gasteiger partial charge in [0.25, 0.3) is 15.9 Å². The van der Waals surface area contributed by atoms with Crippen LogP contribution < -0.4 is 10.0 Å². The van der Waals surface area contributed by atoms with Gasteiger partial charge in [0.1, 0.15) is 10.7 Å². The molecule has 0 radical (unpaired) electrons. The molecule has 0 fully saturated rings. The average molecular weight is 336 g/mol. The van der Waals surface area contributed by atoms with Gasteiger partial charge in [-0.2, -0.15) is 0 Å². The van der Waals surface area contributed by atoms with Crippen molar-refractivity contribution in [1.82, 2.24) is 5.32 Å². The fourth-order valence-corrected chi connectivity index (χ4v) is 3.05. The van der Waals surface area contributed by atoms with Crippen LogP contribution in [0.2, 0.25) is 0 Å². The highest BCUT2D eigenvalue weighted by molar-refractivity contribution is 7.92. The van der Waals surface area contributed by atoms with Gasteiger partial charge < -0.3 is 5.32 Å². The number of nitrogens with one attached hydrogen (secondary N) is 2. The molecule has 122 valence electrons. The first-order chi connectivity index (χ1) is 10.8. The number of hydrogen-bond acceptors (Lipinski definition) is 3. The van der Waals surface area contributed by atoms with E-state index in [9.17, 15) is 17.6 Å². The molecule has 0 aliphatic carbocycles. The van der Waals surface area contributed by atoms with Gasteiger partial charge in [-0.1, -0.05) is 12.1 Å². The third kappa shape index (κ3) is 4.29. The summed E-state index contributed by atoms with van der Waals surface area (Å²) in [5.41, 5.74) is 0.655. The Morgan fingerprint density at radius 3 is 2.22 bits per heavy atom. The van der Waals surface area contributed by atoms with Gasteiger partial charge in [0.15, 0.2) is 0 Å². The molecule has 0 aliphatic rings. The molecule has 0 saturated heterocycles. The molecule has 7 heteroatoms. The Hall–Kier alpha value is -2.41. The minimum atomic E-state index is -4.02. The van der Waals surface area contributed by atoms with Gasteiger partial charge in [-0.05, 0) is 50.2 Å². The van der Waals surface area contributed by atoms with E-state index in [-0.39, 0.29) is 17.6 Å². The summed E-state index contributed by atoms with van der Waals surface area (Å²) in [6.45, 7) is 3.68. The van der Waals surface area contributed by atoms with Gasteiger partial charge >= 0.3 is 0 Å². The maximum absolute atomic E-state index is 13.6. The molecule has 0 unspecified atom stereocenters. The van der Waals surface area contributed by atoms with Gasteiger partial charge in [-0.15, -0.1) is 0 Å². The molecule has 5 nitrogen and oxygen atoms in total. The van der Waals surface area contributed by atoms with Crippen molar-refractivity contribution in [3.05, 3.63) is 59.9 Å². The van der Waals surface area contributed by atoms with Crippen LogP contribution in [-0.4, -0.2) is 20.4 Å². The van der Waals surface area contributed by atoms with Crippen LogP contribution in [0.15, 0.2) is 53.4 Å². The Morgan fingerprint density at radius 1 is 1.04 bits per heavy atom. The summed E-state index contributed by atoms with van der Waals surface area (Å²) in [6.07, 6.45) is 0. The second-order valence-corrected chi connectivity index (χ2v) is 6.89. The molecule has 0 bridgehead atoms. The third-order valence-electron chi connectivity index (χ3n) is 2.95. The largest absolute Gasteiger partial charge is 0.350 e. The van der Waals surface area contributed by atoms with E-state index < -0.39 is 20.7 Å². The maximum atomic E-state index is 13.6. The molecule has 2 aromatic carbocycles. The molecule has 0 spiro atoms. The highest BCUT2D eigenvalue weighted by Crippen LogP contribution is 2.19. The van der Waals surface area contributed by atoms with Crippen molar-refractivity contribution in [2.24, 2.45) is 0 Å². The Bertz CT molecular complexity index is 802. The number of amides is 1. The molecule has 1 amide bonds. The van der Waals surface area contributed by atoms with Gasteiger partial charge in [-0.25, -0.2) is 12.8 Å². The lowest BCUT2D eigenvalue weighted by Crippen LogP contribution is -2.30. The summed E-state index contributed by atoms with van der Waals surface area (Å²) in [7, 11) is -4.02. The van der Waals surface area contributed by atoms with E-state index in [4.69, 9.17) is 0 Å². The summed E-state index contributed by atoms with van der Waals surface area (Å²) >= 11 is 0. The second kappa shape index (κ2) is 6.78. The van der Waals surface area contributed by atoms with E-state index in [1.165, 1.54) is 42.5 Å². The van der Waals surface area contributed by atoms with E-state index in [2.05, 4.69) is 10.0 Å². The first kappa shape index (κ1) is 17.0. The number of halogens is 1. The molecule has 2 N–H and O–H groups in total. The van der Waals surface area contributed by atoms with E-state index in [1.807, 2.05) is 13.8 Å². The molecule has 0 heterocycles. The number of carbonyl (C=O) groups is 1. The fraction of sp³-hybridized carbons (Fsp3) is 0.188. The zero-order valence-electron chi connectivity index (χ0n) is 12.7. The number of sulfonamides is 1. The molecule has 0 saturated carbocycles. The average Bonchev–Trinajstić information content (AvgIpc) is 2.47. The first-order valence-corrected chi connectivity index (χ1v) is 8.46. The molecule has 2 aromatic rings. The van der Waals surface area contributed by atoms with Crippen molar-refractivity contribution in [3.8, 4) is 0 Å². The van der Waals surface area contributed by atoms with E-state index in [0.29, 0.717) is 5.56 Å². The standard InChI is InChI=1S/C16H17FN2O3S/c1-11(2)18-16(20)12-7-9-13(10-8-12)19-23(21,22)15-6-4-3-5-14(15)17/h3-11,19H,1-2H3,(H,18,20). The van der Waals surface area contributed by atoms with Gasteiger partial charge in [0.2, 0.25) is 0 Å². The second-order valence-electron chi connectivity index (χ2n) is 5.24. The quantitative estimate of drug-likeness (QED) is 0.881. The van der Waals surface area contributed by atoms with Gasteiger partial charge in [0.05, 0.1) is 0 Å². The van der Waals surface area contributed by atoms with E-state index in [0.717, 1.165) is 6.07 Å².